The summed E-state index contributed by atoms with van der Waals surface area (Å²) in [5, 5.41) is 0. The zero-order valence-electron chi connectivity index (χ0n) is 9.62. The van der Waals surface area contributed by atoms with Crippen LogP contribution in [0.3, 0.4) is 0 Å². The molecule has 0 saturated heterocycles. The fourth-order valence-corrected chi connectivity index (χ4v) is 1.54. The smallest absolute Gasteiger partial charge is 0.194 e. The number of benzene rings is 2. The Labute approximate surface area is 103 Å². The monoisotopic (exact) mass is 249 g/mol. The van der Waals surface area contributed by atoms with Gasteiger partial charge in [0.05, 0.1) is 5.69 Å². The van der Waals surface area contributed by atoms with Crippen LogP contribution < -0.4 is 0 Å². The second-order valence-electron chi connectivity index (χ2n) is 3.79. The van der Waals surface area contributed by atoms with Crippen molar-refractivity contribution in [2.75, 3.05) is 0 Å². The van der Waals surface area contributed by atoms with E-state index in [0.717, 1.165) is 17.7 Å². The molecule has 0 aliphatic heterocycles. The molecule has 0 spiro atoms. The van der Waals surface area contributed by atoms with Gasteiger partial charge in [0.25, 0.3) is 0 Å². The van der Waals surface area contributed by atoms with Gasteiger partial charge in [-0.3, -0.25) is 4.99 Å². The van der Waals surface area contributed by atoms with Crippen LogP contribution in [-0.2, 0) is 0 Å². The van der Waals surface area contributed by atoms with Gasteiger partial charge in [0, 0.05) is 17.8 Å². The van der Waals surface area contributed by atoms with E-state index in [1.807, 2.05) is 30.3 Å². The standard InChI is InChI=1S/C14H10F3N/c1-9(10-5-3-2-4-6-10)18-11-7-12(15)14(17)13(16)8-11/h2-8H,1H3. The summed E-state index contributed by atoms with van der Waals surface area (Å²) in [6, 6.07) is 10.9. The van der Waals surface area contributed by atoms with Crippen LogP contribution in [0, 0.1) is 17.5 Å². The molecule has 0 bridgehead atoms. The van der Waals surface area contributed by atoms with Gasteiger partial charge in [-0.25, -0.2) is 13.2 Å². The third kappa shape index (κ3) is 2.59. The maximum Gasteiger partial charge on any atom is 0.194 e. The molecule has 0 unspecified atom stereocenters. The average Bonchev–Trinajstić information content (AvgIpc) is 2.37. The molecule has 0 atom stereocenters. The van der Waals surface area contributed by atoms with Crippen LogP contribution in [-0.4, -0.2) is 5.71 Å². The Balaban J connectivity index is 2.39. The summed E-state index contributed by atoms with van der Waals surface area (Å²) in [6.45, 7) is 1.72. The highest BCUT2D eigenvalue weighted by Gasteiger charge is 2.10. The molecule has 1 nitrogen and oxygen atoms in total. The minimum absolute atomic E-state index is 0.0488. The first-order chi connectivity index (χ1) is 8.58. The molecule has 0 radical (unpaired) electrons. The molecule has 4 heteroatoms. The molecule has 0 aromatic heterocycles. The van der Waals surface area contributed by atoms with Gasteiger partial charge in [0.2, 0.25) is 0 Å². The molecule has 2 aromatic rings. The predicted octanol–water partition coefficient (Wildman–Crippen LogP) is 4.24. The summed E-state index contributed by atoms with van der Waals surface area (Å²) in [7, 11) is 0. The van der Waals surface area contributed by atoms with Crippen molar-refractivity contribution in [3.8, 4) is 0 Å². The van der Waals surface area contributed by atoms with Crippen molar-refractivity contribution in [3.05, 3.63) is 65.5 Å². The summed E-state index contributed by atoms with van der Waals surface area (Å²) < 4.78 is 38.8. The SMILES string of the molecule is CC(=Nc1cc(F)c(F)c(F)c1)c1ccccc1. The van der Waals surface area contributed by atoms with Gasteiger partial charge in [-0.15, -0.1) is 0 Å². The zero-order valence-corrected chi connectivity index (χ0v) is 9.62. The van der Waals surface area contributed by atoms with Gasteiger partial charge >= 0.3 is 0 Å². The van der Waals surface area contributed by atoms with E-state index >= 15 is 0 Å². The van der Waals surface area contributed by atoms with E-state index in [2.05, 4.69) is 4.99 Å². The molecular formula is C14H10F3N. The summed E-state index contributed by atoms with van der Waals surface area (Å²) in [6.07, 6.45) is 0. The molecular weight excluding hydrogens is 239 g/mol. The van der Waals surface area contributed by atoms with Gasteiger partial charge in [0.1, 0.15) is 0 Å². The van der Waals surface area contributed by atoms with E-state index in [4.69, 9.17) is 0 Å². The number of rotatable bonds is 2. The van der Waals surface area contributed by atoms with E-state index < -0.39 is 17.5 Å². The van der Waals surface area contributed by atoms with Crippen LogP contribution in [0.15, 0.2) is 47.5 Å². The molecule has 0 N–H and O–H groups in total. The summed E-state index contributed by atoms with van der Waals surface area (Å²) >= 11 is 0. The second kappa shape index (κ2) is 5.04. The number of hydrogen-bond donors (Lipinski definition) is 0. The first kappa shape index (κ1) is 12.4. The maximum atomic E-state index is 13.0. The molecule has 92 valence electrons. The van der Waals surface area contributed by atoms with Gasteiger partial charge in [-0.05, 0) is 12.5 Å². The molecule has 0 heterocycles. The lowest BCUT2D eigenvalue weighted by molar-refractivity contribution is 0.447. The highest BCUT2D eigenvalue weighted by atomic mass is 19.2. The topological polar surface area (TPSA) is 12.4 Å². The summed E-state index contributed by atoms with van der Waals surface area (Å²) in [5.41, 5.74) is 1.48. The molecule has 0 amide bonds. The Morgan fingerprint density at radius 3 is 2.06 bits per heavy atom. The largest absolute Gasteiger partial charge is 0.253 e. The Hall–Kier alpha value is -2.10. The number of hydrogen-bond acceptors (Lipinski definition) is 1. The average molecular weight is 249 g/mol. The molecule has 0 aliphatic carbocycles. The van der Waals surface area contributed by atoms with E-state index in [9.17, 15) is 13.2 Å². The van der Waals surface area contributed by atoms with Crippen LogP contribution in [0.4, 0.5) is 18.9 Å². The van der Waals surface area contributed by atoms with Crippen molar-refractivity contribution < 1.29 is 13.2 Å². The van der Waals surface area contributed by atoms with E-state index in [0.29, 0.717) is 5.71 Å². The third-order valence-electron chi connectivity index (χ3n) is 2.46. The Bertz CT molecular complexity index is 568. The molecule has 0 aliphatic rings. The van der Waals surface area contributed by atoms with Crippen LogP contribution in [0.5, 0.6) is 0 Å². The van der Waals surface area contributed by atoms with E-state index in [1.54, 1.807) is 6.92 Å². The summed E-state index contributed by atoms with van der Waals surface area (Å²) in [5.74, 6) is -3.96. The fourth-order valence-electron chi connectivity index (χ4n) is 1.54. The minimum atomic E-state index is -1.48. The van der Waals surface area contributed by atoms with E-state index in [1.165, 1.54) is 0 Å². The van der Waals surface area contributed by atoms with Crippen LogP contribution in [0.1, 0.15) is 12.5 Å². The van der Waals surface area contributed by atoms with Crippen molar-refractivity contribution in [2.24, 2.45) is 4.99 Å². The fraction of sp³-hybridized carbons (Fsp3) is 0.0714. The molecule has 0 fully saturated rings. The van der Waals surface area contributed by atoms with E-state index in [-0.39, 0.29) is 5.69 Å². The van der Waals surface area contributed by atoms with Crippen molar-refractivity contribution in [3.63, 3.8) is 0 Å². The van der Waals surface area contributed by atoms with Crippen LogP contribution >= 0.6 is 0 Å². The quantitative estimate of drug-likeness (QED) is 0.557. The summed E-state index contributed by atoms with van der Waals surface area (Å²) in [4.78, 5) is 4.06. The highest BCUT2D eigenvalue weighted by Crippen LogP contribution is 2.20. The lowest BCUT2D eigenvalue weighted by Gasteiger charge is -2.02. The van der Waals surface area contributed by atoms with Crippen molar-refractivity contribution >= 4 is 11.4 Å². The zero-order chi connectivity index (χ0) is 13.1. The molecule has 2 aromatic carbocycles. The first-order valence-electron chi connectivity index (χ1n) is 5.33. The van der Waals surface area contributed by atoms with Gasteiger partial charge in [0.15, 0.2) is 17.5 Å². The van der Waals surface area contributed by atoms with Crippen molar-refractivity contribution in [1.82, 2.24) is 0 Å². The van der Waals surface area contributed by atoms with Gasteiger partial charge in [-0.1, -0.05) is 30.3 Å². The first-order valence-corrected chi connectivity index (χ1v) is 5.33. The predicted molar refractivity (Wildman–Crippen MR) is 64.6 cm³/mol. The van der Waals surface area contributed by atoms with Gasteiger partial charge < -0.3 is 0 Å². The Morgan fingerprint density at radius 1 is 0.944 bits per heavy atom. The Morgan fingerprint density at radius 2 is 1.50 bits per heavy atom. The normalized spacial score (nSPS) is 11.7. The lowest BCUT2D eigenvalue weighted by Crippen LogP contribution is -1.94. The maximum absolute atomic E-state index is 13.0. The molecule has 0 saturated carbocycles. The van der Waals surface area contributed by atoms with Crippen molar-refractivity contribution in [1.29, 1.82) is 0 Å². The lowest BCUT2D eigenvalue weighted by atomic mass is 10.1. The molecule has 2 rings (SSSR count). The van der Waals surface area contributed by atoms with Crippen LogP contribution in [0.25, 0.3) is 0 Å². The number of nitrogens with zero attached hydrogens (tertiary/aromatic N) is 1. The Kier molecular flexibility index (Phi) is 3.46. The van der Waals surface area contributed by atoms with Gasteiger partial charge in [-0.2, -0.15) is 0 Å². The number of aliphatic imine (C=N–C) groups is 1. The molecule has 18 heavy (non-hydrogen) atoms. The highest BCUT2D eigenvalue weighted by molar-refractivity contribution is 6.00. The number of halogens is 3. The third-order valence-corrected chi connectivity index (χ3v) is 2.46. The van der Waals surface area contributed by atoms with Crippen LogP contribution in [0.2, 0.25) is 0 Å². The van der Waals surface area contributed by atoms with Crippen molar-refractivity contribution in [2.45, 2.75) is 6.92 Å². The second-order valence-corrected chi connectivity index (χ2v) is 3.79. The minimum Gasteiger partial charge on any atom is -0.253 e.